The summed E-state index contributed by atoms with van der Waals surface area (Å²) in [7, 11) is 0. The van der Waals surface area contributed by atoms with Crippen LogP contribution in [0.15, 0.2) is 65.7 Å². The van der Waals surface area contributed by atoms with Crippen LogP contribution in [0.2, 0.25) is 0 Å². The summed E-state index contributed by atoms with van der Waals surface area (Å²) in [5.41, 5.74) is 29.0. The summed E-state index contributed by atoms with van der Waals surface area (Å²) in [5, 5.41) is 8.04. The average molecular weight is 568 g/mol. The van der Waals surface area contributed by atoms with Gasteiger partial charge in [-0.2, -0.15) is 0 Å². The summed E-state index contributed by atoms with van der Waals surface area (Å²) in [5.74, 6) is -2.64. The standard InChI is InChI=1S/C28H41N9O4/c29-16-8-7-14-20(24(31)38)35-27(41)23(19-12-5-2-6-13-19)37-25(39)21(15-9-17-34-28(32)33)36-26(40)22(30)18-10-3-1-4-11-18/h1-6,10-13,20-23H,7-9,14-17,29-30H2,(H2,31,38)(H,35,41)(H,36,40)(H,37,39)(H4,32,33,34)/t20-,21+,22-,23-/m0/s1. The molecular weight excluding hydrogens is 526 g/mol. The third-order valence-corrected chi connectivity index (χ3v) is 6.31. The molecule has 0 saturated heterocycles. The van der Waals surface area contributed by atoms with Gasteiger partial charge in [-0.05, 0) is 49.8 Å². The van der Waals surface area contributed by atoms with Crippen molar-refractivity contribution in [2.24, 2.45) is 33.7 Å². The number of nitrogens with two attached hydrogens (primary N) is 5. The SMILES string of the molecule is NCCCC[C@H](NC(=O)[C@@H](NC(=O)[C@@H](CCCN=C(N)N)NC(=O)[C@@H](N)c1ccccc1)c1ccccc1)C(N)=O. The number of carbonyl (C=O) groups is 4. The first-order valence-corrected chi connectivity index (χ1v) is 13.4. The van der Waals surface area contributed by atoms with E-state index in [2.05, 4.69) is 20.9 Å². The molecule has 2 rings (SSSR count). The number of nitrogens with zero attached hydrogens (tertiary/aromatic N) is 1. The second-order valence-corrected chi connectivity index (χ2v) is 9.50. The van der Waals surface area contributed by atoms with Crippen LogP contribution in [0.5, 0.6) is 0 Å². The first-order valence-electron chi connectivity index (χ1n) is 13.4. The van der Waals surface area contributed by atoms with Gasteiger partial charge in [-0.1, -0.05) is 60.7 Å². The molecule has 222 valence electrons. The highest BCUT2D eigenvalue weighted by Gasteiger charge is 2.31. The van der Waals surface area contributed by atoms with Gasteiger partial charge in [-0.3, -0.25) is 24.2 Å². The summed E-state index contributed by atoms with van der Waals surface area (Å²) in [6, 6.07) is 13.0. The molecule has 0 radical (unpaired) electrons. The molecular formula is C28H41N9O4. The van der Waals surface area contributed by atoms with Crippen LogP contribution >= 0.6 is 0 Å². The molecule has 0 bridgehead atoms. The molecule has 0 fully saturated rings. The fourth-order valence-electron chi connectivity index (χ4n) is 4.07. The predicted octanol–water partition coefficient (Wildman–Crippen LogP) is -0.819. The van der Waals surface area contributed by atoms with Crippen LogP contribution in [0, 0.1) is 0 Å². The van der Waals surface area contributed by atoms with Crippen molar-refractivity contribution in [1.82, 2.24) is 16.0 Å². The van der Waals surface area contributed by atoms with E-state index in [9.17, 15) is 19.2 Å². The Bertz CT molecular complexity index is 1160. The molecule has 13 heteroatoms. The Hall–Kier alpha value is -4.49. The number of rotatable bonds is 17. The van der Waals surface area contributed by atoms with Gasteiger partial charge in [-0.15, -0.1) is 0 Å². The van der Waals surface area contributed by atoms with Gasteiger partial charge in [0.1, 0.15) is 24.2 Å². The van der Waals surface area contributed by atoms with Crippen molar-refractivity contribution in [1.29, 1.82) is 0 Å². The van der Waals surface area contributed by atoms with E-state index in [-0.39, 0.29) is 18.9 Å². The van der Waals surface area contributed by atoms with Gasteiger partial charge >= 0.3 is 0 Å². The molecule has 0 saturated carbocycles. The molecule has 0 heterocycles. The number of amides is 4. The number of aliphatic imine (C=N–C) groups is 1. The third kappa shape index (κ3) is 11.3. The number of benzene rings is 2. The lowest BCUT2D eigenvalue weighted by atomic mass is 10.0. The smallest absolute Gasteiger partial charge is 0.247 e. The van der Waals surface area contributed by atoms with Gasteiger partial charge < -0.3 is 44.6 Å². The van der Waals surface area contributed by atoms with Gasteiger partial charge in [0.05, 0.1) is 0 Å². The maximum Gasteiger partial charge on any atom is 0.247 e. The lowest BCUT2D eigenvalue weighted by Gasteiger charge is -2.26. The lowest BCUT2D eigenvalue weighted by molar-refractivity contribution is -0.133. The van der Waals surface area contributed by atoms with E-state index in [1.165, 1.54) is 0 Å². The normalized spacial score (nSPS) is 13.6. The molecule has 4 amide bonds. The molecule has 4 atom stereocenters. The zero-order chi connectivity index (χ0) is 30.2. The quantitative estimate of drug-likeness (QED) is 0.0680. The van der Waals surface area contributed by atoms with Crippen molar-refractivity contribution in [2.45, 2.75) is 56.3 Å². The Kier molecular flexibility index (Phi) is 13.8. The third-order valence-electron chi connectivity index (χ3n) is 6.31. The highest BCUT2D eigenvalue weighted by Crippen LogP contribution is 2.16. The van der Waals surface area contributed by atoms with Gasteiger partial charge in [-0.25, -0.2) is 0 Å². The number of carbonyl (C=O) groups excluding carboxylic acids is 4. The highest BCUT2D eigenvalue weighted by molar-refractivity contribution is 5.95. The Labute approximate surface area is 239 Å². The van der Waals surface area contributed by atoms with Crippen LogP contribution < -0.4 is 44.6 Å². The monoisotopic (exact) mass is 567 g/mol. The first-order chi connectivity index (χ1) is 19.6. The topological polar surface area (TPSA) is 247 Å². The van der Waals surface area contributed by atoms with Crippen LogP contribution in [0.25, 0.3) is 0 Å². The number of primary amides is 1. The van der Waals surface area contributed by atoms with Crippen molar-refractivity contribution >= 4 is 29.6 Å². The van der Waals surface area contributed by atoms with E-state index in [1.807, 2.05) is 0 Å². The first kappa shape index (κ1) is 32.7. The second-order valence-electron chi connectivity index (χ2n) is 9.50. The molecule has 0 unspecified atom stereocenters. The molecule has 13 N–H and O–H groups in total. The highest BCUT2D eigenvalue weighted by atomic mass is 16.2. The summed E-state index contributed by atoms with van der Waals surface area (Å²) in [6.07, 6.45) is 2.05. The van der Waals surface area contributed by atoms with E-state index in [0.717, 1.165) is 0 Å². The van der Waals surface area contributed by atoms with Gasteiger partial charge in [0.2, 0.25) is 23.6 Å². The van der Waals surface area contributed by atoms with Gasteiger partial charge in [0.15, 0.2) is 5.96 Å². The minimum Gasteiger partial charge on any atom is -0.370 e. The van der Waals surface area contributed by atoms with Crippen molar-refractivity contribution in [2.75, 3.05) is 13.1 Å². The molecule has 2 aromatic rings. The van der Waals surface area contributed by atoms with E-state index in [1.54, 1.807) is 60.7 Å². The zero-order valence-corrected chi connectivity index (χ0v) is 23.0. The number of hydrogen-bond acceptors (Lipinski definition) is 7. The molecule has 0 aromatic heterocycles. The summed E-state index contributed by atoms with van der Waals surface area (Å²) < 4.78 is 0. The van der Waals surface area contributed by atoms with Crippen LogP contribution in [-0.4, -0.2) is 54.8 Å². The number of hydrogen-bond donors (Lipinski definition) is 8. The fraction of sp³-hybridized carbons (Fsp3) is 0.393. The number of nitrogens with one attached hydrogen (secondary N) is 3. The van der Waals surface area contributed by atoms with Crippen LogP contribution in [-0.2, 0) is 19.2 Å². The van der Waals surface area contributed by atoms with Crippen molar-refractivity contribution in [3.8, 4) is 0 Å². The average Bonchev–Trinajstić information content (AvgIpc) is 2.96. The minimum absolute atomic E-state index is 0.0996. The van der Waals surface area contributed by atoms with Crippen LogP contribution in [0.4, 0.5) is 0 Å². The Morgan fingerprint density at radius 3 is 1.80 bits per heavy atom. The second kappa shape index (κ2) is 17.3. The van der Waals surface area contributed by atoms with Gasteiger partial charge in [0.25, 0.3) is 0 Å². The minimum atomic E-state index is -1.18. The molecule has 2 aromatic carbocycles. The maximum absolute atomic E-state index is 13.5. The van der Waals surface area contributed by atoms with E-state index in [0.29, 0.717) is 43.4 Å². The van der Waals surface area contributed by atoms with Crippen LogP contribution in [0.3, 0.4) is 0 Å². The summed E-state index contributed by atoms with van der Waals surface area (Å²) in [6.45, 7) is 0.658. The molecule has 13 nitrogen and oxygen atoms in total. The zero-order valence-electron chi connectivity index (χ0n) is 23.0. The Balaban J connectivity index is 2.26. The summed E-state index contributed by atoms with van der Waals surface area (Å²) in [4.78, 5) is 55.9. The van der Waals surface area contributed by atoms with Crippen LogP contribution in [0.1, 0.15) is 55.3 Å². The summed E-state index contributed by atoms with van der Waals surface area (Å²) >= 11 is 0. The molecule has 0 spiro atoms. The Morgan fingerprint density at radius 2 is 1.24 bits per heavy atom. The predicted molar refractivity (Wildman–Crippen MR) is 157 cm³/mol. The lowest BCUT2D eigenvalue weighted by Crippen LogP contribution is -2.53. The maximum atomic E-state index is 13.5. The van der Waals surface area contributed by atoms with E-state index < -0.39 is 47.8 Å². The number of guanidine groups is 1. The van der Waals surface area contributed by atoms with Crippen molar-refractivity contribution < 1.29 is 19.2 Å². The largest absolute Gasteiger partial charge is 0.370 e. The molecule has 0 aliphatic rings. The Morgan fingerprint density at radius 1 is 0.683 bits per heavy atom. The van der Waals surface area contributed by atoms with Crippen molar-refractivity contribution in [3.63, 3.8) is 0 Å². The van der Waals surface area contributed by atoms with E-state index >= 15 is 0 Å². The molecule has 0 aliphatic carbocycles. The van der Waals surface area contributed by atoms with E-state index in [4.69, 9.17) is 28.7 Å². The fourth-order valence-corrected chi connectivity index (χ4v) is 4.07. The number of unbranched alkanes of at least 4 members (excludes halogenated alkanes) is 1. The molecule has 41 heavy (non-hydrogen) atoms. The van der Waals surface area contributed by atoms with Gasteiger partial charge in [0, 0.05) is 6.54 Å². The molecule has 0 aliphatic heterocycles. The van der Waals surface area contributed by atoms with Crippen molar-refractivity contribution in [3.05, 3.63) is 71.8 Å².